The molecule has 2 unspecified atom stereocenters. The monoisotopic (exact) mass is 160 g/mol. The van der Waals surface area contributed by atoms with Crippen molar-refractivity contribution in [1.29, 1.82) is 0 Å². The molecule has 0 bridgehead atoms. The van der Waals surface area contributed by atoms with Gasteiger partial charge in [0.15, 0.2) is 0 Å². The fourth-order valence-electron chi connectivity index (χ4n) is 1.15. The van der Waals surface area contributed by atoms with Crippen molar-refractivity contribution in [3.05, 3.63) is 0 Å². The molecule has 3 heteroatoms. The number of hydrogen-bond donors (Lipinski definition) is 3. The Morgan fingerprint density at radius 3 is 2.27 bits per heavy atom. The zero-order chi connectivity index (χ0) is 8.91. The minimum atomic E-state index is -1.16. The second-order valence-corrected chi connectivity index (χ2v) is 3.14. The van der Waals surface area contributed by atoms with Crippen LogP contribution in [0.15, 0.2) is 0 Å². The fourth-order valence-corrected chi connectivity index (χ4v) is 1.15. The van der Waals surface area contributed by atoms with E-state index in [9.17, 15) is 5.11 Å². The molecule has 0 aliphatic carbocycles. The first-order valence-corrected chi connectivity index (χ1v) is 4.31. The minimum Gasteiger partial charge on any atom is -0.374 e. The van der Waals surface area contributed by atoms with E-state index in [0.29, 0.717) is 6.42 Å². The van der Waals surface area contributed by atoms with Gasteiger partial charge in [-0.15, -0.1) is 0 Å². The van der Waals surface area contributed by atoms with Crippen LogP contribution in [0.1, 0.15) is 39.5 Å². The second kappa shape index (κ2) is 4.70. The molecule has 68 valence electrons. The molecule has 5 N–H and O–H groups in total. The highest BCUT2D eigenvalue weighted by Gasteiger charge is 2.27. The lowest BCUT2D eigenvalue weighted by Crippen LogP contribution is -2.55. The Morgan fingerprint density at radius 1 is 1.36 bits per heavy atom. The summed E-state index contributed by atoms with van der Waals surface area (Å²) < 4.78 is 0. The van der Waals surface area contributed by atoms with E-state index in [2.05, 4.69) is 0 Å². The highest BCUT2D eigenvalue weighted by Crippen LogP contribution is 2.12. The van der Waals surface area contributed by atoms with Crippen molar-refractivity contribution in [3.8, 4) is 0 Å². The molecule has 0 spiro atoms. The maximum absolute atomic E-state index is 9.57. The predicted molar refractivity (Wildman–Crippen MR) is 46.9 cm³/mol. The van der Waals surface area contributed by atoms with Crippen LogP contribution in [-0.4, -0.2) is 16.9 Å². The molecule has 0 amide bonds. The summed E-state index contributed by atoms with van der Waals surface area (Å²) >= 11 is 0. The molecule has 11 heavy (non-hydrogen) atoms. The molecule has 0 fully saturated rings. The zero-order valence-corrected chi connectivity index (χ0v) is 7.51. The van der Waals surface area contributed by atoms with E-state index in [-0.39, 0.29) is 6.04 Å². The molecule has 0 saturated heterocycles. The van der Waals surface area contributed by atoms with E-state index in [0.717, 1.165) is 19.3 Å². The van der Waals surface area contributed by atoms with Crippen LogP contribution in [0, 0.1) is 0 Å². The Kier molecular flexibility index (Phi) is 4.65. The van der Waals surface area contributed by atoms with Gasteiger partial charge in [0.25, 0.3) is 0 Å². The molecule has 0 radical (unpaired) electrons. The lowest BCUT2D eigenvalue weighted by atomic mass is 9.97. The van der Waals surface area contributed by atoms with Crippen LogP contribution < -0.4 is 11.5 Å². The maximum atomic E-state index is 9.57. The van der Waals surface area contributed by atoms with Crippen molar-refractivity contribution >= 4 is 0 Å². The number of nitrogens with two attached hydrogens (primary N) is 2. The summed E-state index contributed by atoms with van der Waals surface area (Å²) in [6, 6.07) is -0.285. The first-order valence-electron chi connectivity index (χ1n) is 4.31. The quantitative estimate of drug-likeness (QED) is 0.515. The SMILES string of the molecule is CCCC(N)C(N)(O)CCC. The third-order valence-electron chi connectivity index (χ3n) is 1.89. The van der Waals surface area contributed by atoms with E-state index in [1.54, 1.807) is 0 Å². The largest absolute Gasteiger partial charge is 0.374 e. The van der Waals surface area contributed by atoms with Crippen molar-refractivity contribution in [1.82, 2.24) is 0 Å². The van der Waals surface area contributed by atoms with Gasteiger partial charge < -0.3 is 16.6 Å². The van der Waals surface area contributed by atoms with E-state index >= 15 is 0 Å². The van der Waals surface area contributed by atoms with Gasteiger partial charge in [0.05, 0.1) is 0 Å². The molecule has 0 heterocycles. The van der Waals surface area contributed by atoms with Crippen LogP contribution in [0.2, 0.25) is 0 Å². The lowest BCUT2D eigenvalue weighted by molar-refractivity contribution is 0.00842. The average molecular weight is 160 g/mol. The Bertz CT molecular complexity index is 104. The van der Waals surface area contributed by atoms with Crippen molar-refractivity contribution < 1.29 is 5.11 Å². The number of rotatable bonds is 5. The smallest absolute Gasteiger partial charge is 0.128 e. The van der Waals surface area contributed by atoms with Gasteiger partial charge in [-0.1, -0.05) is 26.7 Å². The molecular formula is C8H20N2O. The molecule has 0 rings (SSSR count). The molecule has 0 aliphatic rings. The summed E-state index contributed by atoms with van der Waals surface area (Å²) in [5, 5.41) is 9.57. The van der Waals surface area contributed by atoms with Crippen LogP contribution in [0.25, 0.3) is 0 Å². The van der Waals surface area contributed by atoms with E-state index in [4.69, 9.17) is 11.5 Å². The minimum absolute atomic E-state index is 0.285. The summed E-state index contributed by atoms with van der Waals surface area (Å²) in [6.45, 7) is 4.01. The molecule has 0 aliphatic heterocycles. The van der Waals surface area contributed by atoms with Gasteiger partial charge in [-0.2, -0.15) is 0 Å². The molecule has 3 nitrogen and oxygen atoms in total. The van der Waals surface area contributed by atoms with Gasteiger partial charge in [0.1, 0.15) is 5.72 Å². The standard InChI is InChI=1S/C8H20N2O/c1-3-5-7(9)8(10,11)6-4-2/h7,11H,3-6,9-10H2,1-2H3. The molecule has 0 saturated carbocycles. The highest BCUT2D eigenvalue weighted by atomic mass is 16.3. The molecule has 2 atom stereocenters. The molecule has 0 aromatic heterocycles. The topological polar surface area (TPSA) is 72.3 Å². The van der Waals surface area contributed by atoms with Gasteiger partial charge in [0.2, 0.25) is 0 Å². The summed E-state index contributed by atoms with van der Waals surface area (Å²) in [4.78, 5) is 0. The predicted octanol–water partition coefficient (Wildman–Crippen LogP) is 0.561. The molecule has 0 aromatic rings. The van der Waals surface area contributed by atoms with E-state index < -0.39 is 5.72 Å². The van der Waals surface area contributed by atoms with Gasteiger partial charge in [-0.25, -0.2) is 0 Å². The first-order chi connectivity index (χ1) is 5.04. The van der Waals surface area contributed by atoms with Gasteiger partial charge >= 0.3 is 0 Å². The van der Waals surface area contributed by atoms with Crippen molar-refractivity contribution in [3.63, 3.8) is 0 Å². The summed E-state index contributed by atoms with van der Waals surface area (Å²) in [7, 11) is 0. The number of aliphatic hydroxyl groups is 1. The zero-order valence-electron chi connectivity index (χ0n) is 7.51. The van der Waals surface area contributed by atoms with Crippen LogP contribution in [-0.2, 0) is 0 Å². The maximum Gasteiger partial charge on any atom is 0.128 e. The fraction of sp³-hybridized carbons (Fsp3) is 1.00. The van der Waals surface area contributed by atoms with Gasteiger partial charge in [0, 0.05) is 6.04 Å². The third kappa shape index (κ3) is 3.70. The lowest BCUT2D eigenvalue weighted by Gasteiger charge is -2.29. The molecule has 0 aromatic carbocycles. The third-order valence-corrected chi connectivity index (χ3v) is 1.89. The Hall–Kier alpha value is -0.120. The van der Waals surface area contributed by atoms with Crippen molar-refractivity contribution in [2.45, 2.75) is 51.3 Å². The van der Waals surface area contributed by atoms with Crippen LogP contribution >= 0.6 is 0 Å². The van der Waals surface area contributed by atoms with E-state index in [1.165, 1.54) is 0 Å². The normalized spacial score (nSPS) is 19.4. The summed E-state index contributed by atoms with van der Waals surface area (Å²) in [6.07, 6.45) is 3.19. The van der Waals surface area contributed by atoms with Crippen LogP contribution in [0.3, 0.4) is 0 Å². The van der Waals surface area contributed by atoms with Crippen molar-refractivity contribution in [2.75, 3.05) is 0 Å². The Labute approximate surface area is 68.8 Å². The summed E-state index contributed by atoms with van der Waals surface area (Å²) in [5.41, 5.74) is 10.1. The van der Waals surface area contributed by atoms with E-state index in [1.807, 2.05) is 13.8 Å². The van der Waals surface area contributed by atoms with Crippen molar-refractivity contribution in [2.24, 2.45) is 11.5 Å². The number of hydrogen-bond acceptors (Lipinski definition) is 3. The first kappa shape index (κ1) is 10.9. The highest BCUT2D eigenvalue weighted by molar-refractivity contribution is 4.82. The van der Waals surface area contributed by atoms with Gasteiger partial charge in [-0.05, 0) is 12.8 Å². The van der Waals surface area contributed by atoms with Crippen LogP contribution in [0.5, 0.6) is 0 Å². The summed E-state index contributed by atoms with van der Waals surface area (Å²) in [5.74, 6) is 0. The Balaban J connectivity index is 3.83. The molecular weight excluding hydrogens is 140 g/mol. The van der Waals surface area contributed by atoms with Crippen LogP contribution in [0.4, 0.5) is 0 Å². The Morgan fingerprint density at radius 2 is 1.91 bits per heavy atom. The average Bonchev–Trinajstić information content (AvgIpc) is 1.88. The van der Waals surface area contributed by atoms with Gasteiger partial charge in [-0.3, -0.25) is 0 Å². The second-order valence-electron chi connectivity index (χ2n) is 3.14.